The Bertz CT molecular complexity index is 2610. The van der Waals surface area contributed by atoms with Crippen LogP contribution in [0.4, 0.5) is 17.1 Å². The van der Waals surface area contributed by atoms with E-state index in [1.54, 1.807) is 0 Å². The van der Waals surface area contributed by atoms with Crippen molar-refractivity contribution in [3.05, 3.63) is 211 Å². The van der Waals surface area contributed by atoms with Crippen LogP contribution in [0, 0.1) is 0 Å². The number of hydrogen-bond acceptors (Lipinski definition) is 1. The molecule has 0 amide bonds. The second kappa shape index (κ2) is 13.5. The van der Waals surface area contributed by atoms with Gasteiger partial charge in [-0.25, -0.2) is 0 Å². The molecule has 0 aliphatic heterocycles. The van der Waals surface area contributed by atoms with Crippen molar-refractivity contribution in [3.8, 4) is 55.6 Å². The van der Waals surface area contributed by atoms with Crippen LogP contribution in [0.15, 0.2) is 200 Å². The third-order valence-corrected chi connectivity index (χ3v) is 11.9. The second-order valence-electron chi connectivity index (χ2n) is 14.7. The first-order valence-electron chi connectivity index (χ1n) is 19.3. The molecule has 0 aromatic heterocycles. The summed E-state index contributed by atoms with van der Waals surface area (Å²) in [5, 5.41) is 0. The highest BCUT2D eigenvalue weighted by Gasteiger charge is 2.46. The molecule has 0 radical (unpaired) electrons. The minimum absolute atomic E-state index is 0.0693. The number of para-hydroxylation sites is 2. The summed E-state index contributed by atoms with van der Waals surface area (Å²) in [6.45, 7) is 0. The van der Waals surface area contributed by atoms with Crippen LogP contribution in [0.5, 0.6) is 0 Å². The molecule has 0 N–H and O–H groups in total. The van der Waals surface area contributed by atoms with E-state index in [-0.39, 0.29) is 5.41 Å². The van der Waals surface area contributed by atoms with Gasteiger partial charge in [0.05, 0.1) is 17.1 Å². The van der Waals surface area contributed by atoms with Crippen molar-refractivity contribution in [3.63, 3.8) is 0 Å². The molecule has 0 atom stereocenters. The first-order chi connectivity index (χ1) is 26.8. The smallest absolute Gasteiger partial charge is 0.0543 e. The number of rotatable bonds is 7. The summed E-state index contributed by atoms with van der Waals surface area (Å²) in [6.07, 6.45) is 4.93. The molecule has 8 aromatic carbocycles. The molecule has 1 spiro atoms. The van der Waals surface area contributed by atoms with Gasteiger partial charge in [0, 0.05) is 22.1 Å². The summed E-state index contributed by atoms with van der Waals surface area (Å²) in [4.78, 5) is 2.57. The van der Waals surface area contributed by atoms with E-state index in [0.29, 0.717) is 0 Å². The Labute approximate surface area is 318 Å². The predicted octanol–water partition coefficient (Wildman–Crippen LogP) is 14.7. The van der Waals surface area contributed by atoms with Crippen LogP contribution in [0.3, 0.4) is 0 Å². The van der Waals surface area contributed by atoms with Gasteiger partial charge in [-0.15, -0.1) is 0 Å². The maximum Gasteiger partial charge on any atom is 0.0543 e. The topological polar surface area (TPSA) is 3.24 Å². The fourth-order valence-corrected chi connectivity index (χ4v) is 9.55. The summed E-state index contributed by atoms with van der Waals surface area (Å²) >= 11 is 0. The zero-order valence-corrected chi connectivity index (χ0v) is 30.3. The van der Waals surface area contributed by atoms with E-state index < -0.39 is 0 Å². The van der Waals surface area contributed by atoms with Gasteiger partial charge in [-0.1, -0.05) is 195 Å². The standard InChI is InChI=1S/C53H41N/c1-3-20-38(21-4-1)40-24-7-8-26-42(40)43-27-9-10-28-44(43)45-29-13-16-34-50(45)54(49-33-15-12-25-41(49)39-22-5-2-6-23-39)51-35-19-32-48-52(51)46-30-11-14-31-47(46)53(48)36-17-18-37-53/h1-16,19-35H,17-18,36-37H2. The minimum Gasteiger partial charge on any atom is -0.309 e. The number of anilines is 3. The van der Waals surface area contributed by atoms with Crippen molar-refractivity contribution in [2.75, 3.05) is 4.90 Å². The molecule has 2 aliphatic carbocycles. The van der Waals surface area contributed by atoms with Crippen molar-refractivity contribution in [1.82, 2.24) is 0 Å². The lowest BCUT2D eigenvalue weighted by atomic mass is 9.77. The molecule has 1 heteroatoms. The van der Waals surface area contributed by atoms with Crippen molar-refractivity contribution < 1.29 is 0 Å². The van der Waals surface area contributed by atoms with Crippen LogP contribution in [0.1, 0.15) is 36.8 Å². The fourth-order valence-electron chi connectivity index (χ4n) is 9.55. The highest BCUT2D eigenvalue weighted by atomic mass is 15.2. The lowest BCUT2D eigenvalue weighted by molar-refractivity contribution is 0.550. The molecule has 258 valence electrons. The maximum absolute atomic E-state index is 2.57. The molecule has 0 heterocycles. The Balaban J connectivity index is 1.26. The predicted molar refractivity (Wildman–Crippen MR) is 228 cm³/mol. The summed E-state index contributed by atoms with van der Waals surface area (Å²) < 4.78 is 0. The number of hydrogen-bond donors (Lipinski definition) is 0. The Morgan fingerprint density at radius 2 is 0.704 bits per heavy atom. The average Bonchev–Trinajstić information content (AvgIpc) is 3.86. The second-order valence-corrected chi connectivity index (χ2v) is 14.7. The first kappa shape index (κ1) is 32.2. The third-order valence-electron chi connectivity index (χ3n) is 11.9. The summed E-state index contributed by atoms with van der Waals surface area (Å²) in [7, 11) is 0. The third kappa shape index (κ3) is 5.23. The molecule has 1 saturated carbocycles. The van der Waals surface area contributed by atoms with Crippen LogP contribution < -0.4 is 4.90 Å². The average molecular weight is 692 g/mol. The van der Waals surface area contributed by atoms with E-state index in [2.05, 4.69) is 205 Å². The van der Waals surface area contributed by atoms with Crippen LogP contribution in [0.25, 0.3) is 55.6 Å². The van der Waals surface area contributed by atoms with Gasteiger partial charge in [-0.05, 0) is 81.1 Å². The Hall–Kier alpha value is -6.44. The fraction of sp³-hybridized carbons (Fsp3) is 0.0943. The van der Waals surface area contributed by atoms with Crippen molar-refractivity contribution >= 4 is 17.1 Å². The molecular weight excluding hydrogens is 651 g/mol. The largest absolute Gasteiger partial charge is 0.309 e. The van der Waals surface area contributed by atoms with E-state index >= 15 is 0 Å². The van der Waals surface area contributed by atoms with Gasteiger partial charge in [-0.3, -0.25) is 0 Å². The molecule has 0 saturated heterocycles. The Kier molecular flexibility index (Phi) is 8.07. The van der Waals surface area contributed by atoms with Crippen molar-refractivity contribution in [2.45, 2.75) is 31.1 Å². The van der Waals surface area contributed by atoms with E-state index in [9.17, 15) is 0 Å². The van der Waals surface area contributed by atoms with E-state index in [0.717, 1.165) is 11.4 Å². The molecule has 10 rings (SSSR count). The van der Waals surface area contributed by atoms with Crippen LogP contribution in [0.2, 0.25) is 0 Å². The van der Waals surface area contributed by atoms with Gasteiger partial charge < -0.3 is 4.90 Å². The zero-order valence-electron chi connectivity index (χ0n) is 30.3. The molecule has 54 heavy (non-hydrogen) atoms. The maximum atomic E-state index is 2.57. The van der Waals surface area contributed by atoms with Gasteiger partial charge in [0.25, 0.3) is 0 Å². The van der Waals surface area contributed by atoms with Gasteiger partial charge in [-0.2, -0.15) is 0 Å². The summed E-state index contributed by atoms with van der Waals surface area (Å²) in [6, 6.07) is 73.7. The van der Waals surface area contributed by atoms with Crippen LogP contribution in [-0.4, -0.2) is 0 Å². The molecular formula is C53H41N. The van der Waals surface area contributed by atoms with E-state index in [1.807, 2.05) is 0 Å². The summed E-state index contributed by atoms with van der Waals surface area (Å²) in [5.74, 6) is 0. The molecule has 1 nitrogen and oxygen atoms in total. The summed E-state index contributed by atoms with van der Waals surface area (Å²) in [5.41, 5.74) is 19.0. The van der Waals surface area contributed by atoms with Gasteiger partial charge in [0.1, 0.15) is 0 Å². The first-order valence-corrected chi connectivity index (χ1v) is 19.3. The molecule has 0 unspecified atom stereocenters. The molecule has 1 fully saturated rings. The number of nitrogens with zero attached hydrogens (tertiary/aromatic N) is 1. The number of fused-ring (bicyclic) bond motifs is 5. The lowest BCUT2D eigenvalue weighted by Gasteiger charge is -2.32. The highest BCUT2D eigenvalue weighted by Crippen LogP contribution is 2.60. The number of benzene rings is 8. The highest BCUT2D eigenvalue weighted by molar-refractivity contribution is 6.02. The molecule has 2 aliphatic rings. The Morgan fingerprint density at radius 1 is 0.296 bits per heavy atom. The SMILES string of the molecule is c1ccc(-c2ccccc2-c2ccccc2-c2ccccc2N(c2ccccc2-c2ccccc2)c2cccc3c2-c2ccccc2C32CCCC2)cc1. The van der Waals surface area contributed by atoms with Gasteiger partial charge in [0.15, 0.2) is 0 Å². The van der Waals surface area contributed by atoms with Gasteiger partial charge >= 0.3 is 0 Å². The van der Waals surface area contributed by atoms with E-state index in [1.165, 1.54) is 98.1 Å². The quantitative estimate of drug-likeness (QED) is 0.161. The molecule has 8 aromatic rings. The monoisotopic (exact) mass is 691 g/mol. The Morgan fingerprint density at radius 3 is 1.35 bits per heavy atom. The van der Waals surface area contributed by atoms with Crippen LogP contribution >= 0.6 is 0 Å². The van der Waals surface area contributed by atoms with Gasteiger partial charge in [0.2, 0.25) is 0 Å². The molecule has 0 bridgehead atoms. The van der Waals surface area contributed by atoms with Crippen molar-refractivity contribution in [1.29, 1.82) is 0 Å². The van der Waals surface area contributed by atoms with E-state index in [4.69, 9.17) is 0 Å². The van der Waals surface area contributed by atoms with Crippen molar-refractivity contribution in [2.24, 2.45) is 0 Å². The zero-order chi connectivity index (χ0) is 35.9. The minimum atomic E-state index is 0.0693. The normalized spacial score (nSPS) is 13.8. The lowest BCUT2D eigenvalue weighted by Crippen LogP contribution is -2.20. The van der Waals surface area contributed by atoms with Crippen LogP contribution in [-0.2, 0) is 5.41 Å².